The van der Waals surface area contributed by atoms with Crippen LogP contribution in [0.15, 0.2) is 12.3 Å². The van der Waals surface area contributed by atoms with Gasteiger partial charge in [0, 0.05) is 37.9 Å². The summed E-state index contributed by atoms with van der Waals surface area (Å²) in [5.41, 5.74) is 1.26. The Labute approximate surface area is 90.5 Å². The third-order valence-corrected chi connectivity index (χ3v) is 3.29. The number of aliphatic hydroxyl groups excluding tert-OH is 1. The van der Waals surface area contributed by atoms with Crippen molar-refractivity contribution in [2.75, 3.05) is 19.7 Å². The Morgan fingerprint density at radius 2 is 2.47 bits per heavy atom. The number of nitrogens with zero attached hydrogens (tertiary/aromatic N) is 3. The van der Waals surface area contributed by atoms with Gasteiger partial charge in [0.1, 0.15) is 0 Å². The SMILES string of the molecule is Cn1nccc1CCN1CCC[C@H]1CO. The number of likely N-dealkylation sites (tertiary alicyclic amines) is 1. The molecule has 4 heteroatoms. The normalized spacial score (nSPS) is 22.4. The van der Waals surface area contributed by atoms with Gasteiger partial charge >= 0.3 is 0 Å². The monoisotopic (exact) mass is 209 g/mol. The summed E-state index contributed by atoms with van der Waals surface area (Å²) in [5.74, 6) is 0. The van der Waals surface area contributed by atoms with Gasteiger partial charge in [-0.25, -0.2) is 0 Å². The number of rotatable bonds is 4. The van der Waals surface area contributed by atoms with Crippen LogP contribution in [-0.2, 0) is 13.5 Å². The van der Waals surface area contributed by atoms with Crippen molar-refractivity contribution < 1.29 is 5.11 Å². The zero-order valence-electron chi connectivity index (χ0n) is 9.26. The summed E-state index contributed by atoms with van der Waals surface area (Å²) in [7, 11) is 1.98. The Bertz CT molecular complexity index is 311. The topological polar surface area (TPSA) is 41.3 Å². The van der Waals surface area contributed by atoms with Crippen molar-refractivity contribution in [1.29, 1.82) is 0 Å². The first-order valence-corrected chi connectivity index (χ1v) is 5.63. The molecule has 0 unspecified atom stereocenters. The lowest BCUT2D eigenvalue weighted by Crippen LogP contribution is -2.34. The minimum absolute atomic E-state index is 0.297. The quantitative estimate of drug-likeness (QED) is 0.781. The highest BCUT2D eigenvalue weighted by Gasteiger charge is 2.23. The van der Waals surface area contributed by atoms with Crippen LogP contribution < -0.4 is 0 Å². The molecule has 1 aliphatic rings. The van der Waals surface area contributed by atoms with Gasteiger partial charge in [0.05, 0.1) is 6.61 Å². The molecule has 1 saturated heterocycles. The first-order chi connectivity index (χ1) is 7.31. The van der Waals surface area contributed by atoms with Crippen LogP contribution in [0, 0.1) is 0 Å². The molecule has 0 spiro atoms. The fraction of sp³-hybridized carbons (Fsp3) is 0.727. The fourth-order valence-electron chi connectivity index (χ4n) is 2.30. The van der Waals surface area contributed by atoms with E-state index in [0.29, 0.717) is 12.6 Å². The summed E-state index contributed by atoms with van der Waals surface area (Å²) in [6, 6.07) is 2.45. The molecule has 0 radical (unpaired) electrons. The van der Waals surface area contributed by atoms with Crippen molar-refractivity contribution in [2.45, 2.75) is 25.3 Å². The van der Waals surface area contributed by atoms with E-state index in [-0.39, 0.29) is 0 Å². The third-order valence-electron chi connectivity index (χ3n) is 3.29. The molecule has 0 aromatic carbocycles. The number of aromatic nitrogens is 2. The van der Waals surface area contributed by atoms with Crippen molar-refractivity contribution >= 4 is 0 Å². The van der Waals surface area contributed by atoms with E-state index >= 15 is 0 Å². The summed E-state index contributed by atoms with van der Waals surface area (Å²) in [4.78, 5) is 2.38. The zero-order chi connectivity index (χ0) is 10.7. The van der Waals surface area contributed by atoms with E-state index in [1.165, 1.54) is 12.1 Å². The molecule has 1 fully saturated rings. The van der Waals surface area contributed by atoms with Crippen LogP contribution in [0.3, 0.4) is 0 Å². The Kier molecular flexibility index (Phi) is 3.38. The first kappa shape index (κ1) is 10.6. The summed E-state index contributed by atoms with van der Waals surface area (Å²) in [5, 5.41) is 13.3. The Morgan fingerprint density at radius 3 is 3.13 bits per heavy atom. The van der Waals surface area contributed by atoms with Crippen LogP contribution in [0.25, 0.3) is 0 Å². The highest BCUT2D eigenvalue weighted by molar-refractivity contribution is 5.00. The van der Waals surface area contributed by atoms with E-state index in [1.54, 1.807) is 0 Å². The highest BCUT2D eigenvalue weighted by Crippen LogP contribution is 2.16. The van der Waals surface area contributed by atoms with Gasteiger partial charge in [0.15, 0.2) is 0 Å². The second-order valence-corrected chi connectivity index (χ2v) is 4.21. The largest absolute Gasteiger partial charge is 0.395 e. The van der Waals surface area contributed by atoms with Crippen molar-refractivity contribution in [3.05, 3.63) is 18.0 Å². The van der Waals surface area contributed by atoms with Crippen LogP contribution in [0.4, 0.5) is 0 Å². The molecule has 1 aliphatic heterocycles. The van der Waals surface area contributed by atoms with E-state index in [2.05, 4.69) is 16.1 Å². The number of aryl methyl sites for hydroxylation is 1. The van der Waals surface area contributed by atoms with Crippen LogP contribution >= 0.6 is 0 Å². The van der Waals surface area contributed by atoms with Crippen molar-refractivity contribution in [3.8, 4) is 0 Å². The number of aliphatic hydroxyl groups is 1. The van der Waals surface area contributed by atoms with E-state index < -0.39 is 0 Å². The molecule has 2 heterocycles. The van der Waals surface area contributed by atoms with Gasteiger partial charge in [-0.15, -0.1) is 0 Å². The maximum absolute atomic E-state index is 9.19. The smallest absolute Gasteiger partial charge is 0.0586 e. The molecule has 1 atom stereocenters. The predicted octanol–water partition coefficient (Wildman–Crippen LogP) is 0.419. The second-order valence-electron chi connectivity index (χ2n) is 4.21. The molecule has 1 aromatic rings. The van der Waals surface area contributed by atoms with E-state index in [0.717, 1.165) is 25.9 Å². The molecule has 0 amide bonds. The average Bonchev–Trinajstić information content (AvgIpc) is 2.83. The Hall–Kier alpha value is -0.870. The molecule has 15 heavy (non-hydrogen) atoms. The van der Waals surface area contributed by atoms with Gasteiger partial charge in [-0.1, -0.05) is 0 Å². The van der Waals surface area contributed by atoms with Gasteiger partial charge in [0.25, 0.3) is 0 Å². The third kappa shape index (κ3) is 2.38. The van der Waals surface area contributed by atoms with E-state index in [4.69, 9.17) is 0 Å². The lowest BCUT2D eigenvalue weighted by molar-refractivity contribution is 0.159. The molecule has 0 bridgehead atoms. The Balaban J connectivity index is 1.85. The molecular formula is C11H19N3O. The van der Waals surface area contributed by atoms with E-state index in [9.17, 15) is 5.11 Å². The summed E-state index contributed by atoms with van der Waals surface area (Å²) >= 11 is 0. The fourth-order valence-corrected chi connectivity index (χ4v) is 2.30. The number of hydrogen-bond acceptors (Lipinski definition) is 3. The maximum atomic E-state index is 9.19. The maximum Gasteiger partial charge on any atom is 0.0586 e. The average molecular weight is 209 g/mol. The minimum atomic E-state index is 0.297. The molecule has 1 aromatic heterocycles. The van der Waals surface area contributed by atoms with Gasteiger partial charge in [-0.05, 0) is 25.5 Å². The Morgan fingerprint density at radius 1 is 1.60 bits per heavy atom. The second kappa shape index (κ2) is 4.77. The van der Waals surface area contributed by atoms with Crippen molar-refractivity contribution in [3.63, 3.8) is 0 Å². The van der Waals surface area contributed by atoms with Crippen LogP contribution in [-0.4, -0.2) is 45.5 Å². The number of hydrogen-bond donors (Lipinski definition) is 1. The van der Waals surface area contributed by atoms with Gasteiger partial charge in [-0.2, -0.15) is 5.10 Å². The van der Waals surface area contributed by atoms with Gasteiger partial charge in [-0.3, -0.25) is 9.58 Å². The molecule has 1 N–H and O–H groups in total. The molecule has 4 nitrogen and oxygen atoms in total. The van der Waals surface area contributed by atoms with Crippen molar-refractivity contribution in [1.82, 2.24) is 14.7 Å². The highest BCUT2D eigenvalue weighted by atomic mass is 16.3. The molecule has 0 aliphatic carbocycles. The molecule has 84 valence electrons. The van der Waals surface area contributed by atoms with Gasteiger partial charge < -0.3 is 5.11 Å². The molecule has 2 rings (SSSR count). The van der Waals surface area contributed by atoms with Crippen LogP contribution in [0.1, 0.15) is 18.5 Å². The summed E-state index contributed by atoms with van der Waals surface area (Å²) in [6.45, 7) is 2.46. The lowest BCUT2D eigenvalue weighted by Gasteiger charge is -2.22. The van der Waals surface area contributed by atoms with Crippen LogP contribution in [0.5, 0.6) is 0 Å². The van der Waals surface area contributed by atoms with Crippen molar-refractivity contribution in [2.24, 2.45) is 7.05 Å². The standard InChI is InChI=1S/C11H19N3O/c1-13-10(4-6-12-13)5-8-14-7-2-3-11(14)9-15/h4,6,11,15H,2-3,5,7-9H2,1H3/t11-/m0/s1. The first-order valence-electron chi connectivity index (χ1n) is 5.63. The zero-order valence-corrected chi connectivity index (χ0v) is 9.26. The summed E-state index contributed by atoms with van der Waals surface area (Å²) < 4.78 is 1.92. The van der Waals surface area contributed by atoms with Gasteiger partial charge in [0.2, 0.25) is 0 Å². The summed E-state index contributed by atoms with van der Waals surface area (Å²) in [6.07, 6.45) is 5.22. The molecule has 0 saturated carbocycles. The predicted molar refractivity (Wildman–Crippen MR) is 58.6 cm³/mol. The lowest BCUT2D eigenvalue weighted by atomic mass is 10.2. The minimum Gasteiger partial charge on any atom is -0.395 e. The molecular weight excluding hydrogens is 190 g/mol. The van der Waals surface area contributed by atoms with E-state index in [1.807, 2.05) is 17.9 Å². The van der Waals surface area contributed by atoms with Crippen LogP contribution in [0.2, 0.25) is 0 Å².